The van der Waals surface area contributed by atoms with Crippen molar-refractivity contribution >= 4 is 27.3 Å². The fourth-order valence-corrected chi connectivity index (χ4v) is 4.89. The summed E-state index contributed by atoms with van der Waals surface area (Å²) in [6, 6.07) is 6.68. The molecule has 1 aliphatic heterocycles. The van der Waals surface area contributed by atoms with Gasteiger partial charge < -0.3 is 9.32 Å². The average molecular weight is 368 g/mol. The van der Waals surface area contributed by atoms with Crippen LogP contribution in [0.15, 0.2) is 39.2 Å². The second-order valence-corrected chi connectivity index (χ2v) is 8.73. The Morgan fingerprint density at radius 3 is 2.67 bits per heavy atom. The molecule has 0 unspecified atom stereocenters. The van der Waals surface area contributed by atoms with Gasteiger partial charge in [-0.15, -0.1) is 11.3 Å². The molecular weight excluding hydrogens is 348 g/mol. The van der Waals surface area contributed by atoms with E-state index in [-0.39, 0.29) is 16.8 Å². The van der Waals surface area contributed by atoms with Crippen LogP contribution in [0.2, 0.25) is 0 Å². The van der Waals surface area contributed by atoms with Gasteiger partial charge in [-0.3, -0.25) is 4.79 Å². The monoisotopic (exact) mass is 368 g/mol. The molecule has 130 valence electrons. The van der Waals surface area contributed by atoms with Crippen LogP contribution in [0.3, 0.4) is 0 Å². The Hall–Kier alpha value is -1.64. The first-order valence-electron chi connectivity index (χ1n) is 7.86. The minimum atomic E-state index is -3.65. The van der Waals surface area contributed by atoms with Crippen molar-refractivity contribution in [2.75, 3.05) is 20.1 Å². The quantitative estimate of drug-likeness (QED) is 0.814. The number of carbonyl (C=O) groups is 1. The van der Waals surface area contributed by atoms with E-state index >= 15 is 0 Å². The normalized spacial score (nSPS) is 16.2. The van der Waals surface area contributed by atoms with Gasteiger partial charge in [0.2, 0.25) is 5.09 Å². The van der Waals surface area contributed by atoms with Gasteiger partial charge in [-0.2, -0.15) is 4.31 Å². The third-order valence-corrected chi connectivity index (χ3v) is 6.66. The molecule has 0 aliphatic carbocycles. The molecule has 24 heavy (non-hydrogen) atoms. The maximum absolute atomic E-state index is 12.6. The van der Waals surface area contributed by atoms with Gasteiger partial charge in [0.1, 0.15) is 0 Å². The van der Waals surface area contributed by atoms with Crippen LogP contribution in [0.5, 0.6) is 0 Å². The van der Waals surface area contributed by atoms with Gasteiger partial charge in [-0.05, 0) is 36.4 Å². The van der Waals surface area contributed by atoms with E-state index in [1.165, 1.54) is 21.3 Å². The van der Waals surface area contributed by atoms with Crippen LogP contribution in [0.1, 0.15) is 34.7 Å². The number of thiophene rings is 1. The molecule has 0 N–H and O–H groups in total. The second-order valence-electron chi connectivity index (χ2n) is 5.82. The molecule has 0 bridgehead atoms. The number of rotatable bonds is 5. The summed E-state index contributed by atoms with van der Waals surface area (Å²) in [5.41, 5.74) is 0. The first-order valence-corrected chi connectivity index (χ1v) is 10.2. The summed E-state index contributed by atoms with van der Waals surface area (Å²) in [5.74, 6) is -0.284. The van der Waals surface area contributed by atoms with Crippen molar-refractivity contribution in [3.63, 3.8) is 0 Å². The fraction of sp³-hybridized carbons (Fsp3) is 0.438. The van der Waals surface area contributed by atoms with Gasteiger partial charge in [0.15, 0.2) is 5.76 Å². The van der Waals surface area contributed by atoms with Crippen molar-refractivity contribution in [2.24, 2.45) is 0 Å². The summed E-state index contributed by atoms with van der Waals surface area (Å²) in [7, 11) is -1.98. The van der Waals surface area contributed by atoms with Gasteiger partial charge in [0.05, 0.1) is 6.54 Å². The molecule has 2 aromatic heterocycles. The summed E-state index contributed by atoms with van der Waals surface area (Å²) in [6.07, 6.45) is 2.76. The van der Waals surface area contributed by atoms with E-state index < -0.39 is 10.0 Å². The summed E-state index contributed by atoms with van der Waals surface area (Å²) in [4.78, 5) is 15.0. The highest BCUT2D eigenvalue weighted by Gasteiger charge is 2.30. The second kappa shape index (κ2) is 7.08. The van der Waals surface area contributed by atoms with Crippen LogP contribution in [-0.2, 0) is 16.6 Å². The van der Waals surface area contributed by atoms with E-state index in [0.29, 0.717) is 19.6 Å². The van der Waals surface area contributed by atoms with E-state index in [1.54, 1.807) is 18.4 Å². The first-order chi connectivity index (χ1) is 11.5. The van der Waals surface area contributed by atoms with Gasteiger partial charge in [-0.1, -0.05) is 12.5 Å². The summed E-state index contributed by atoms with van der Waals surface area (Å²) in [6.45, 7) is 1.47. The lowest BCUT2D eigenvalue weighted by atomic mass is 10.2. The fourth-order valence-electron chi connectivity index (χ4n) is 2.70. The van der Waals surface area contributed by atoms with Crippen LogP contribution < -0.4 is 0 Å². The highest BCUT2D eigenvalue weighted by molar-refractivity contribution is 7.89. The van der Waals surface area contributed by atoms with Crippen LogP contribution in [0.25, 0.3) is 0 Å². The van der Waals surface area contributed by atoms with Crippen LogP contribution >= 0.6 is 11.3 Å². The maximum atomic E-state index is 12.6. The summed E-state index contributed by atoms with van der Waals surface area (Å²) in [5, 5.41) is 1.79. The van der Waals surface area contributed by atoms with E-state index in [1.807, 2.05) is 17.5 Å². The lowest BCUT2D eigenvalue weighted by molar-refractivity contribution is 0.0748. The van der Waals surface area contributed by atoms with Crippen LogP contribution in [-0.4, -0.2) is 43.7 Å². The average Bonchev–Trinajstić information content (AvgIpc) is 3.26. The van der Waals surface area contributed by atoms with E-state index in [0.717, 1.165) is 24.1 Å². The number of sulfonamides is 1. The number of hydrogen-bond acceptors (Lipinski definition) is 5. The number of amides is 1. The molecule has 0 saturated carbocycles. The third kappa shape index (κ3) is 3.55. The molecule has 2 aromatic rings. The van der Waals surface area contributed by atoms with E-state index in [4.69, 9.17) is 4.42 Å². The van der Waals surface area contributed by atoms with Crippen molar-refractivity contribution in [1.82, 2.24) is 9.21 Å². The molecule has 1 saturated heterocycles. The Kier molecular flexibility index (Phi) is 5.07. The molecule has 3 heterocycles. The predicted molar refractivity (Wildman–Crippen MR) is 91.4 cm³/mol. The van der Waals surface area contributed by atoms with Crippen LogP contribution in [0, 0.1) is 0 Å². The van der Waals surface area contributed by atoms with Gasteiger partial charge in [-0.25, -0.2) is 8.42 Å². The Labute approximate surface area is 145 Å². The number of carbonyl (C=O) groups excluding carboxylic acids is 1. The number of piperidine rings is 1. The minimum absolute atomic E-state index is 0.0460. The summed E-state index contributed by atoms with van der Waals surface area (Å²) >= 11 is 1.57. The largest absolute Gasteiger partial charge is 0.438 e. The number of nitrogens with zero attached hydrogens (tertiary/aromatic N) is 2. The topological polar surface area (TPSA) is 70.8 Å². The number of furan rings is 1. The minimum Gasteiger partial charge on any atom is -0.438 e. The van der Waals surface area contributed by atoms with E-state index in [2.05, 4.69) is 0 Å². The van der Waals surface area contributed by atoms with Crippen molar-refractivity contribution < 1.29 is 17.6 Å². The van der Waals surface area contributed by atoms with Crippen molar-refractivity contribution in [1.29, 1.82) is 0 Å². The van der Waals surface area contributed by atoms with Gasteiger partial charge in [0, 0.05) is 25.0 Å². The molecule has 1 amide bonds. The van der Waals surface area contributed by atoms with Crippen molar-refractivity contribution in [3.05, 3.63) is 40.3 Å². The Balaban J connectivity index is 1.73. The van der Waals surface area contributed by atoms with E-state index in [9.17, 15) is 13.2 Å². The molecule has 0 radical (unpaired) electrons. The Bertz CT molecular complexity index is 790. The van der Waals surface area contributed by atoms with Crippen molar-refractivity contribution in [2.45, 2.75) is 30.9 Å². The molecule has 1 aliphatic rings. The molecule has 0 aromatic carbocycles. The van der Waals surface area contributed by atoms with Gasteiger partial charge in [0.25, 0.3) is 15.9 Å². The zero-order chi connectivity index (χ0) is 17.2. The molecule has 6 nitrogen and oxygen atoms in total. The Morgan fingerprint density at radius 1 is 1.25 bits per heavy atom. The predicted octanol–water partition coefficient (Wildman–Crippen LogP) is 2.79. The molecular formula is C16H20N2O4S2. The zero-order valence-corrected chi connectivity index (χ0v) is 15.1. The molecule has 8 heteroatoms. The Morgan fingerprint density at radius 2 is 2.00 bits per heavy atom. The van der Waals surface area contributed by atoms with Gasteiger partial charge >= 0.3 is 0 Å². The van der Waals surface area contributed by atoms with Crippen molar-refractivity contribution in [3.8, 4) is 0 Å². The lowest BCUT2D eigenvalue weighted by Gasteiger charge is -2.24. The molecule has 1 fully saturated rings. The first kappa shape index (κ1) is 17.2. The molecule has 0 spiro atoms. The summed E-state index contributed by atoms with van der Waals surface area (Å²) < 4.78 is 31.9. The standard InChI is InChI=1S/C16H20N2O4S2/c1-17(12-13-6-5-11-23-13)16(19)14-7-8-15(22-14)24(20,21)18-9-3-2-4-10-18/h5-8,11H,2-4,9-10,12H2,1H3. The highest BCUT2D eigenvalue weighted by Crippen LogP contribution is 2.23. The lowest BCUT2D eigenvalue weighted by Crippen LogP contribution is -2.35. The third-order valence-electron chi connectivity index (χ3n) is 4.02. The number of hydrogen-bond donors (Lipinski definition) is 0. The molecule has 3 rings (SSSR count). The maximum Gasteiger partial charge on any atom is 0.289 e. The smallest absolute Gasteiger partial charge is 0.289 e. The molecule has 0 atom stereocenters. The SMILES string of the molecule is CN(Cc1cccs1)C(=O)c1ccc(S(=O)(=O)N2CCCCC2)o1. The zero-order valence-electron chi connectivity index (χ0n) is 13.5. The highest BCUT2D eigenvalue weighted by atomic mass is 32.2. The van der Waals surface area contributed by atoms with Crippen LogP contribution in [0.4, 0.5) is 0 Å².